The quantitative estimate of drug-likeness (QED) is 0.902. The molecule has 1 aromatic carbocycles. The Kier molecular flexibility index (Phi) is 6.11. The van der Waals surface area contributed by atoms with E-state index in [0.717, 1.165) is 12.0 Å². The van der Waals surface area contributed by atoms with Crippen molar-refractivity contribution >= 4 is 29.1 Å². The molecule has 0 fully saturated rings. The maximum atomic E-state index is 12.1. The Morgan fingerprint density at radius 1 is 1.42 bits per heavy atom. The molecule has 5 heteroatoms. The van der Waals surface area contributed by atoms with Crippen LogP contribution in [0, 0.1) is 0 Å². The predicted octanol–water partition coefficient (Wildman–Crippen LogP) is 3.64. The lowest BCUT2D eigenvalue weighted by Gasteiger charge is -2.27. The van der Waals surface area contributed by atoms with Crippen molar-refractivity contribution in [3.63, 3.8) is 0 Å². The summed E-state index contributed by atoms with van der Waals surface area (Å²) in [5.74, 6) is 0.0212. The van der Waals surface area contributed by atoms with Gasteiger partial charge in [0.15, 0.2) is 0 Å². The number of hydrogen-bond donors (Lipinski definition) is 1. The molecule has 0 aliphatic heterocycles. The van der Waals surface area contributed by atoms with Crippen LogP contribution in [0.25, 0.3) is 0 Å². The van der Waals surface area contributed by atoms with Crippen LogP contribution >= 0.6 is 23.2 Å². The highest BCUT2D eigenvalue weighted by Crippen LogP contribution is 2.29. The first-order valence-corrected chi connectivity index (χ1v) is 7.08. The number of benzene rings is 1. The summed E-state index contributed by atoms with van der Waals surface area (Å²) in [5.41, 5.74) is 6.69. The standard InChI is InChI=1S/C14H20Cl2N2O/c1-4-11(17)8-14(19)18(3)9(2)12-6-5-10(15)7-13(12)16/h5-7,9,11H,4,8,17H2,1-3H3. The Morgan fingerprint density at radius 2 is 2.05 bits per heavy atom. The van der Waals surface area contributed by atoms with Crippen LogP contribution in [0.4, 0.5) is 0 Å². The number of carbonyl (C=O) groups is 1. The van der Waals surface area contributed by atoms with Gasteiger partial charge in [-0.25, -0.2) is 0 Å². The summed E-state index contributed by atoms with van der Waals surface area (Å²) in [4.78, 5) is 13.8. The van der Waals surface area contributed by atoms with Crippen LogP contribution in [0.2, 0.25) is 10.0 Å². The summed E-state index contributed by atoms with van der Waals surface area (Å²) in [5, 5.41) is 1.15. The fourth-order valence-corrected chi connectivity index (χ4v) is 2.34. The molecule has 2 unspecified atom stereocenters. The molecule has 3 nitrogen and oxygen atoms in total. The first-order valence-electron chi connectivity index (χ1n) is 6.33. The van der Waals surface area contributed by atoms with Crippen LogP contribution in [0.1, 0.15) is 38.3 Å². The van der Waals surface area contributed by atoms with Gasteiger partial charge < -0.3 is 10.6 Å². The molecule has 0 bridgehead atoms. The highest BCUT2D eigenvalue weighted by molar-refractivity contribution is 6.35. The van der Waals surface area contributed by atoms with Gasteiger partial charge in [-0.05, 0) is 31.0 Å². The molecule has 1 aromatic rings. The molecule has 0 radical (unpaired) electrons. The Morgan fingerprint density at radius 3 is 2.58 bits per heavy atom. The van der Waals surface area contributed by atoms with Crippen molar-refractivity contribution in [2.24, 2.45) is 5.73 Å². The Balaban J connectivity index is 2.81. The number of halogens is 2. The summed E-state index contributed by atoms with van der Waals surface area (Å²) in [6.45, 7) is 3.90. The molecular weight excluding hydrogens is 283 g/mol. The Hall–Kier alpha value is -0.770. The topological polar surface area (TPSA) is 46.3 Å². The van der Waals surface area contributed by atoms with Gasteiger partial charge in [0.25, 0.3) is 0 Å². The van der Waals surface area contributed by atoms with Crippen LogP contribution in [0.5, 0.6) is 0 Å². The van der Waals surface area contributed by atoms with Crippen molar-refractivity contribution in [2.45, 2.75) is 38.8 Å². The van der Waals surface area contributed by atoms with Crippen LogP contribution < -0.4 is 5.73 Å². The molecule has 2 N–H and O–H groups in total. The zero-order chi connectivity index (χ0) is 14.6. The van der Waals surface area contributed by atoms with Gasteiger partial charge in [0.2, 0.25) is 5.91 Å². The van der Waals surface area contributed by atoms with Gasteiger partial charge in [-0.15, -0.1) is 0 Å². The highest BCUT2D eigenvalue weighted by Gasteiger charge is 2.20. The average molecular weight is 303 g/mol. The van der Waals surface area contributed by atoms with Crippen LogP contribution in [-0.2, 0) is 4.79 Å². The van der Waals surface area contributed by atoms with E-state index >= 15 is 0 Å². The molecule has 1 rings (SSSR count). The smallest absolute Gasteiger partial charge is 0.224 e. The van der Waals surface area contributed by atoms with Gasteiger partial charge in [-0.1, -0.05) is 36.2 Å². The number of carbonyl (C=O) groups excluding carboxylic acids is 1. The van der Waals surface area contributed by atoms with Gasteiger partial charge >= 0.3 is 0 Å². The summed E-state index contributed by atoms with van der Waals surface area (Å²) in [7, 11) is 1.76. The largest absolute Gasteiger partial charge is 0.339 e. The average Bonchev–Trinajstić information content (AvgIpc) is 2.36. The van der Waals surface area contributed by atoms with E-state index in [4.69, 9.17) is 28.9 Å². The highest BCUT2D eigenvalue weighted by atomic mass is 35.5. The van der Waals surface area contributed by atoms with Crippen molar-refractivity contribution in [3.8, 4) is 0 Å². The maximum Gasteiger partial charge on any atom is 0.224 e. The number of nitrogens with zero attached hydrogens (tertiary/aromatic N) is 1. The third-order valence-electron chi connectivity index (χ3n) is 3.35. The monoisotopic (exact) mass is 302 g/mol. The summed E-state index contributed by atoms with van der Waals surface area (Å²) in [6.07, 6.45) is 1.14. The van der Waals surface area contributed by atoms with Crippen molar-refractivity contribution in [1.29, 1.82) is 0 Å². The summed E-state index contributed by atoms with van der Waals surface area (Å²) in [6, 6.07) is 5.10. The molecule has 0 aromatic heterocycles. The molecule has 19 heavy (non-hydrogen) atoms. The molecule has 0 aliphatic rings. The van der Waals surface area contributed by atoms with Gasteiger partial charge in [-0.2, -0.15) is 0 Å². The van der Waals surface area contributed by atoms with Crippen molar-refractivity contribution < 1.29 is 4.79 Å². The van der Waals surface area contributed by atoms with Gasteiger partial charge in [0.1, 0.15) is 0 Å². The van der Waals surface area contributed by atoms with E-state index in [-0.39, 0.29) is 18.0 Å². The van der Waals surface area contributed by atoms with E-state index in [2.05, 4.69) is 0 Å². The fourth-order valence-electron chi connectivity index (χ4n) is 1.78. The van der Waals surface area contributed by atoms with E-state index in [1.54, 1.807) is 24.1 Å². The maximum absolute atomic E-state index is 12.1. The van der Waals surface area contributed by atoms with Gasteiger partial charge in [0, 0.05) is 29.6 Å². The van der Waals surface area contributed by atoms with Crippen LogP contribution in [-0.4, -0.2) is 23.9 Å². The molecule has 106 valence electrons. The minimum atomic E-state index is -0.110. The van der Waals surface area contributed by atoms with E-state index in [1.807, 2.05) is 19.9 Å². The summed E-state index contributed by atoms with van der Waals surface area (Å²) >= 11 is 12.0. The SMILES string of the molecule is CCC(N)CC(=O)N(C)C(C)c1ccc(Cl)cc1Cl. The number of amides is 1. The molecule has 0 heterocycles. The summed E-state index contributed by atoms with van der Waals surface area (Å²) < 4.78 is 0. The number of rotatable bonds is 5. The fraction of sp³-hybridized carbons (Fsp3) is 0.500. The lowest BCUT2D eigenvalue weighted by Crippen LogP contribution is -2.34. The molecule has 1 amide bonds. The molecule has 0 aliphatic carbocycles. The predicted molar refractivity (Wildman–Crippen MR) is 80.5 cm³/mol. The first kappa shape index (κ1) is 16.3. The van der Waals surface area contributed by atoms with Crippen LogP contribution in [0.15, 0.2) is 18.2 Å². The zero-order valence-corrected chi connectivity index (χ0v) is 13.0. The Bertz CT molecular complexity index is 451. The normalized spacial score (nSPS) is 14.0. The number of nitrogens with two attached hydrogens (primary N) is 1. The lowest BCUT2D eigenvalue weighted by atomic mass is 10.1. The first-order chi connectivity index (χ1) is 8.86. The molecule has 0 saturated carbocycles. The number of hydrogen-bond acceptors (Lipinski definition) is 2. The second-order valence-corrected chi connectivity index (χ2v) is 5.56. The second-order valence-electron chi connectivity index (χ2n) is 4.72. The van der Waals surface area contributed by atoms with E-state index in [9.17, 15) is 4.79 Å². The third-order valence-corrected chi connectivity index (χ3v) is 3.91. The van der Waals surface area contributed by atoms with E-state index in [0.29, 0.717) is 16.5 Å². The van der Waals surface area contributed by atoms with Crippen molar-refractivity contribution in [3.05, 3.63) is 33.8 Å². The molecular formula is C14H20Cl2N2O. The molecule has 2 atom stereocenters. The van der Waals surface area contributed by atoms with E-state index < -0.39 is 0 Å². The molecule has 0 saturated heterocycles. The van der Waals surface area contributed by atoms with Crippen LogP contribution in [0.3, 0.4) is 0 Å². The second kappa shape index (κ2) is 7.13. The molecule has 0 spiro atoms. The van der Waals surface area contributed by atoms with Crippen molar-refractivity contribution in [2.75, 3.05) is 7.05 Å². The minimum Gasteiger partial charge on any atom is -0.339 e. The zero-order valence-electron chi connectivity index (χ0n) is 11.5. The van der Waals surface area contributed by atoms with Crippen molar-refractivity contribution in [1.82, 2.24) is 4.90 Å². The Labute approximate surface area is 124 Å². The van der Waals surface area contributed by atoms with Gasteiger partial charge in [-0.3, -0.25) is 4.79 Å². The lowest BCUT2D eigenvalue weighted by molar-refractivity contribution is -0.132. The van der Waals surface area contributed by atoms with Gasteiger partial charge in [0.05, 0.1) is 6.04 Å². The minimum absolute atomic E-state index is 0.0212. The third kappa shape index (κ3) is 4.37. The van der Waals surface area contributed by atoms with E-state index in [1.165, 1.54) is 0 Å².